The minimum atomic E-state index is 0.506. The van der Waals surface area contributed by atoms with Gasteiger partial charge in [0, 0.05) is 13.1 Å². The molecule has 4 aromatic rings. The largest absolute Gasteiger partial charge is 0.495 e. The zero-order valence-corrected chi connectivity index (χ0v) is 18.7. The fourth-order valence-corrected chi connectivity index (χ4v) is 5.05. The number of methoxy groups -OCH3 is 1. The van der Waals surface area contributed by atoms with Crippen LogP contribution in [0.25, 0.3) is 16.4 Å². The Morgan fingerprint density at radius 1 is 1.10 bits per heavy atom. The third-order valence-corrected chi connectivity index (χ3v) is 6.90. The SMILES string of the molecule is COc1ccccc1-n1c(SCc2nc(-c3cccs3)no2)nnc1N1CCCCC1. The van der Waals surface area contributed by atoms with Crippen LogP contribution in [0.4, 0.5) is 5.95 Å². The third kappa shape index (κ3) is 4.17. The molecule has 0 bridgehead atoms. The smallest absolute Gasteiger partial charge is 0.237 e. The quantitative estimate of drug-likeness (QED) is 0.373. The lowest BCUT2D eigenvalue weighted by Gasteiger charge is -2.28. The average molecular weight is 455 g/mol. The molecule has 0 radical (unpaired) electrons. The third-order valence-electron chi connectivity index (χ3n) is 5.12. The Bertz CT molecular complexity index is 1130. The molecule has 160 valence electrons. The summed E-state index contributed by atoms with van der Waals surface area (Å²) in [4.78, 5) is 7.81. The lowest BCUT2D eigenvalue weighted by Crippen LogP contribution is -2.31. The number of nitrogens with zero attached hydrogens (tertiary/aromatic N) is 6. The van der Waals surface area contributed by atoms with Gasteiger partial charge in [-0.2, -0.15) is 4.98 Å². The van der Waals surface area contributed by atoms with Crippen molar-refractivity contribution >= 4 is 29.0 Å². The Morgan fingerprint density at radius 3 is 2.77 bits per heavy atom. The lowest BCUT2D eigenvalue weighted by atomic mass is 10.1. The maximum atomic E-state index is 5.63. The van der Waals surface area contributed by atoms with E-state index in [4.69, 9.17) is 9.26 Å². The highest BCUT2D eigenvalue weighted by Gasteiger charge is 2.24. The second-order valence-corrected chi connectivity index (χ2v) is 9.01. The number of thioether (sulfide) groups is 1. The summed E-state index contributed by atoms with van der Waals surface area (Å²) < 4.78 is 13.2. The highest BCUT2D eigenvalue weighted by Crippen LogP contribution is 2.34. The maximum absolute atomic E-state index is 5.63. The van der Waals surface area contributed by atoms with E-state index in [2.05, 4.69) is 29.8 Å². The molecule has 4 heterocycles. The van der Waals surface area contributed by atoms with Gasteiger partial charge in [0.2, 0.25) is 17.7 Å². The molecule has 10 heteroatoms. The molecule has 1 aliphatic heterocycles. The number of aromatic nitrogens is 5. The number of anilines is 1. The summed E-state index contributed by atoms with van der Waals surface area (Å²) in [6.07, 6.45) is 3.58. The molecule has 0 unspecified atom stereocenters. The van der Waals surface area contributed by atoms with Gasteiger partial charge >= 0.3 is 0 Å². The lowest BCUT2D eigenvalue weighted by molar-refractivity contribution is 0.391. The highest BCUT2D eigenvalue weighted by atomic mass is 32.2. The van der Waals surface area contributed by atoms with Crippen molar-refractivity contribution in [1.29, 1.82) is 0 Å². The van der Waals surface area contributed by atoms with Crippen LogP contribution in [-0.4, -0.2) is 45.1 Å². The zero-order chi connectivity index (χ0) is 21.0. The minimum Gasteiger partial charge on any atom is -0.495 e. The van der Waals surface area contributed by atoms with Gasteiger partial charge in [0.15, 0.2) is 5.16 Å². The number of benzene rings is 1. The Balaban J connectivity index is 1.45. The maximum Gasteiger partial charge on any atom is 0.237 e. The van der Waals surface area contributed by atoms with E-state index in [9.17, 15) is 0 Å². The summed E-state index contributed by atoms with van der Waals surface area (Å²) in [5.74, 6) is 3.30. The van der Waals surface area contributed by atoms with Crippen molar-refractivity contribution in [2.75, 3.05) is 25.1 Å². The van der Waals surface area contributed by atoms with Gasteiger partial charge in [-0.05, 0) is 42.8 Å². The van der Waals surface area contributed by atoms with Gasteiger partial charge in [0.25, 0.3) is 0 Å². The van der Waals surface area contributed by atoms with Crippen LogP contribution in [0, 0.1) is 0 Å². The van der Waals surface area contributed by atoms with E-state index in [0.717, 1.165) is 53.3 Å². The normalized spacial score (nSPS) is 14.2. The van der Waals surface area contributed by atoms with Crippen molar-refractivity contribution < 1.29 is 9.26 Å². The predicted octanol–water partition coefficient (Wildman–Crippen LogP) is 4.67. The van der Waals surface area contributed by atoms with Gasteiger partial charge in [0.05, 0.1) is 23.4 Å². The molecule has 1 fully saturated rings. The van der Waals surface area contributed by atoms with E-state index in [1.54, 1.807) is 18.4 Å². The molecule has 1 saturated heterocycles. The molecular formula is C21H22N6O2S2. The van der Waals surface area contributed by atoms with E-state index in [1.807, 2.05) is 41.8 Å². The molecule has 1 aromatic carbocycles. The van der Waals surface area contributed by atoms with Crippen LogP contribution in [0.5, 0.6) is 5.75 Å². The second kappa shape index (κ2) is 9.11. The van der Waals surface area contributed by atoms with Crippen molar-refractivity contribution in [3.05, 3.63) is 47.7 Å². The van der Waals surface area contributed by atoms with Crippen LogP contribution < -0.4 is 9.64 Å². The first kappa shape index (κ1) is 20.1. The molecule has 31 heavy (non-hydrogen) atoms. The van der Waals surface area contributed by atoms with Crippen LogP contribution in [-0.2, 0) is 5.75 Å². The topological polar surface area (TPSA) is 82.1 Å². The minimum absolute atomic E-state index is 0.506. The summed E-state index contributed by atoms with van der Waals surface area (Å²) in [7, 11) is 1.68. The van der Waals surface area contributed by atoms with Crippen molar-refractivity contribution in [2.45, 2.75) is 30.2 Å². The molecule has 8 nitrogen and oxygen atoms in total. The summed E-state index contributed by atoms with van der Waals surface area (Å²) in [5.41, 5.74) is 0.919. The van der Waals surface area contributed by atoms with Crippen molar-refractivity contribution in [3.63, 3.8) is 0 Å². The van der Waals surface area contributed by atoms with Gasteiger partial charge in [-0.15, -0.1) is 21.5 Å². The molecular weight excluding hydrogens is 432 g/mol. The molecule has 0 atom stereocenters. The molecule has 5 rings (SSSR count). The first-order valence-electron chi connectivity index (χ1n) is 10.2. The van der Waals surface area contributed by atoms with Crippen LogP contribution in [0.1, 0.15) is 25.2 Å². The number of rotatable bonds is 7. The van der Waals surface area contributed by atoms with Crippen LogP contribution >= 0.6 is 23.1 Å². The number of hydrogen-bond donors (Lipinski definition) is 0. The van der Waals surface area contributed by atoms with E-state index < -0.39 is 0 Å². The van der Waals surface area contributed by atoms with Gasteiger partial charge < -0.3 is 14.2 Å². The molecule has 0 spiro atoms. The zero-order valence-electron chi connectivity index (χ0n) is 17.1. The molecule has 3 aromatic heterocycles. The predicted molar refractivity (Wildman–Crippen MR) is 121 cm³/mol. The number of thiophene rings is 1. The standard InChI is InChI=1S/C21H22N6O2S2/c1-28-16-9-4-3-8-15(16)27-20(26-11-5-2-6-12-26)23-24-21(27)31-14-18-22-19(25-29-18)17-10-7-13-30-17/h3-4,7-10,13H,2,5-6,11-12,14H2,1H3. The molecule has 1 aliphatic rings. The van der Waals surface area contributed by atoms with Crippen molar-refractivity contribution in [2.24, 2.45) is 0 Å². The fourth-order valence-electron chi connectivity index (χ4n) is 3.63. The summed E-state index contributed by atoms with van der Waals surface area (Å²) >= 11 is 3.11. The van der Waals surface area contributed by atoms with Gasteiger partial charge in [-0.3, -0.25) is 4.57 Å². The molecule has 0 saturated carbocycles. The Morgan fingerprint density at radius 2 is 1.97 bits per heavy atom. The van der Waals surface area contributed by atoms with E-state index in [1.165, 1.54) is 18.2 Å². The van der Waals surface area contributed by atoms with Crippen molar-refractivity contribution in [3.8, 4) is 22.1 Å². The summed E-state index contributed by atoms with van der Waals surface area (Å²) in [6, 6.07) is 11.9. The Labute approximate surface area is 188 Å². The average Bonchev–Trinajstić information content (AvgIpc) is 3.58. The Kier molecular flexibility index (Phi) is 5.90. The second-order valence-electron chi connectivity index (χ2n) is 7.12. The van der Waals surface area contributed by atoms with Gasteiger partial charge in [-0.25, -0.2) is 0 Å². The van der Waals surface area contributed by atoms with E-state index in [-0.39, 0.29) is 0 Å². The first-order chi connectivity index (χ1) is 15.3. The Hall–Kier alpha value is -2.85. The van der Waals surface area contributed by atoms with Crippen LogP contribution in [0.15, 0.2) is 51.5 Å². The van der Waals surface area contributed by atoms with E-state index in [0.29, 0.717) is 17.5 Å². The highest BCUT2D eigenvalue weighted by molar-refractivity contribution is 7.98. The fraction of sp³-hybridized carbons (Fsp3) is 0.333. The molecule has 0 aliphatic carbocycles. The van der Waals surface area contributed by atoms with Crippen LogP contribution in [0.3, 0.4) is 0 Å². The van der Waals surface area contributed by atoms with Gasteiger partial charge in [0.1, 0.15) is 5.75 Å². The molecule has 0 N–H and O–H groups in total. The number of para-hydroxylation sites is 2. The first-order valence-corrected chi connectivity index (χ1v) is 12.0. The molecule has 0 amide bonds. The number of ether oxygens (including phenoxy) is 1. The summed E-state index contributed by atoms with van der Waals surface area (Å²) in [5, 5.41) is 15.9. The van der Waals surface area contributed by atoms with Crippen molar-refractivity contribution in [1.82, 2.24) is 24.9 Å². The number of hydrogen-bond acceptors (Lipinski definition) is 9. The van der Waals surface area contributed by atoms with E-state index >= 15 is 0 Å². The summed E-state index contributed by atoms with van der Waals surface area (Å²) in [6.45, 7) is 1.96. The van der Waals surface area contributed by atoms with Crippen LogP contribution in [0.2, 0.25) is 0 Å². The monoisotopic (exact) mass is 454 g/mol. The number of piperidine rings is 1. The van der Waals surface area contributed by atoms with Gasteiger partial charge in [-0.1, -0.05) is 35.1 Å².